The summed E-state index contributed by atoms with van der Waals surface area (Å²) in [5.74, 6) is 1.10. The van der Waals surface area contributed by atoms with E-state index in [9.17, 15) is 0 Å². The number of rotatable bonds is 2. The third-order valence-corrected chi connectivity index (χ3v) is 3.56. The highest BCUT2D eigenvalue weighted by atomic mass is 35.5. The van der Waals surface area contributed by atoms with Crippen molar-refractivity contribution < 1.29 is 0 Å². The average Bonchev–Trinajstić information content (AvgIpc) is 2.66. The maximum absolute atomic E-state index is 5.90. The highest BCUT2D eigenvalue weighted by Gasteiger charge is 2.15. The van der Waals surface area contributed by atoms with Crippen LogP contribution in [-0.2, 0) is 12.8 Å². The summed E-state index contributed by atoms with van der Waals surface area (Å²) in [6.45, 7) is 1.85. The number of nitrogens with zero attached hydrogens (tertiary/aromatic N) is 2. The summed E-state index contributed by atoms with van der Waals surface area (Å²) >= 11 is 5.90. The maximum Gasteiger partial charge on any atom is 0.222 e. The molecule has 4 N–H and O–H groups in total. The first kappa shape index (κ1) is 13.1. The molecule has 0 atom stereocenters. The van der Waals surface area contributed by atoms with Crippen LogP contribution in [0.4, 0.5) is 17.5 Å². The van der Waals surface area contributed by atoms with Crippen molar-refractivity contribution in [2.45, 2.75) is 12.8 Å². The average molecular weight is 290 g/mol. The first-order chi connectivity index (χ1) is 9.72. The molecule has 1 aliphatic heterocycles. The van der Waals surface area contributed by atoms with Gasteiger partial charge in [-0.2, -0.15) is 4.98 Å². The first-order valence-corrected chi connectivity index (χ1v) is 6.99. The van der Waals surface area contributed by atoms with Crippen molar-refractivity contribution in [1.82, 2.24) is 15.3 Å². The Morgan fingerprint density at radius 1 is 1.10 bits per heavy atom. The molecule has 0 saturated carbocycles. The normalized spacial score (nSPS) is 14.4. The summed E-state index contributed by atoms with van der Waals surface area (Å²) in [4.78, 5) is 8.70. The molecule has 0 aliphatic carbocycles. The van der Waals surface area contributed by atoms with E-state index in [2.05, 4.69) is 20.6 Å². The van der Waals surface area contributed by atoms with Gasteiger partial charge in [-0.15, -0.1) is 0 Å². The summed E-state index contributed by atoms with van der Waals surface area (Å²) in [5.41, 5.74) is 8.91. The van der Waals surface area contributed by atoms with E-state index in [1.807, 2.05) is 24.3 Å². The second-order valence-corrected chi connectivity index (χ2v) is 5.17. The largest absolute Gasteiger partial charge is 0.368 e. The number of fused-ring (bicyclic) bond motifs is 1. The van der Waals surface area contributed by atoms with E-state index >= 15 is 0 Å². The van der Waals surface area contributed by atoms with Crippen LogP contribution in [0.2, 0.25) is 5.02 Å². The zero-order valence-electron chi connectivity index (χ0n) is 11.0. The Bertz CT molecular complexity index is 612. The highest BCUT2D eigenvalue weighted by molar-refractivity contribution is 6.30. The van der Waals surface area contributed by atoms with Crippen molar-refractivity contribution >= 4 is 29.1 Å². The van der Waals surface area contributed by atoms with Crippen molar-refractivity contribution in [3.8, 4) is 0 Å². The van der Waals surface area contributed by atoms with Crippen molar-refractivity contribution in [2.24, 2.45) is 0 Å². The number of halogens is 1. The molecule has 0 unspecified atom stereocenters. The van der Waals surface area contributed by atoms with Crippen molar-refractivity contribution in [3.05, 3.63) is 40.5 Å². The Kier molecular flexibility index (Phi) is 3.71. The van der Waals surface area contributed by atoms with Crippen molar-refractivity contribution in [1.29, 1.82) is 0 Å². The van der Waals surface area contributed by atoms with Gasteiger partial charge in [0.05, 0.1) is 5.69 Å². The van der Waals surface area contributed by atoms with E-state index in [4.69, 9.17) is 17.3 Å². The number of nitrogens with one attached hydrogen (secondary N) is 2. The van der Waals surface area contributed by atoms with Gasteiger partial charge in [0.2, 0.25) is 5.95 Å². The van der Waals surface area contributed by atoms with Gasteiger partial charge in [-0.05, 0) is 37.2 Å². The molecular formula is C14H16ClN5. The van der Waals surface area contributed by atoms with Gasteiger partial charge in [0, 0.05) is 29.2 Å². The summed E-state index contributed by atoms with van der Waals surface area (Å²) in [6, 6.07) is 7.52. The van der Waals surface area contributed by atoms with E-state index in [0.29, 0.717) is 11.0 Å². The van der Waals surface area contributed by atoms with E-state index in [1.54, 1.807) is 0 Å². The number of benzene rings is 1. The van der Waals surface area contributed by atoms with Crippen LogP contribution in [-0.4, -0.2) is 23.1 Å². The van der Waals surface area contributed by atoms with Gasteiger partial charge in [0.1, 0.15) is 5.82 Å². The molecule has 0 fully saturated rings. The minimum atomic E-state index is 0.308. The molecular weight excluding hydrogens is 274 g/mol. The SMILES string of the molecule is Nc1nc2c(c(Nc3ccc(Cl)cc3)n1)CCNCC2. The minimum absolute atomic E-state index is 0.308. The van der Waals surface area contributed by atoms with Crippen LogP contribution in [0.1, 0.15) is 11.3 Å². The zero-order chi connectivity index (χ0) is 13.9. The van der Waals surface area contributed by atoms with Gasteiger partial charge in [0.15, 0.2) is 0 Å². The summed E-state index contributed by atoms with van der Waals surface area (Å²) in [7, 11) is 0. The van der Waals surface area contributed by atoms with E-state index in [0.717, 1.165) is 48.7 Å². The number of aromatic nitrogens is 2. The molecule has 0 spiro atoms. The molecule has 20 heavy (non-hydrogen) atoms. The Hall–Kier alpha value is -1.85. The maximum atomic E-state index is 5.90. The Morgan fingerprint density at radius 2 is 1.85 bits per heavy atom. The smallest absolute Gasteiger partial charge is 0.222 e. The van der Waals surface area contributed by atoms with Gasteiger partial charge in [-0.25, -0.2) is 4.98 Å². The molecule has 3 rings (SSSR count). The van der Waals surface area contributed by atoms with Gasteiger partial charge in [0.25, 0.3) is 0 Å². The predicted molar refractivity (Wildman–Crippen MR) is 81.5 cm³/mol. The summed E-state index contributed by atoms with van der Waals surface area (Å²) in [5, 5.41) is 7.38. The lowest BCUT2D eigenvalue weighted by atomic mass is 10.1. The quantitative estimate of drug-likeness (QED) is 0.790. The van der Waals surface area contributed by atoms with Crippen LogP contribution in [0.3, 0.4) is 0 Å². The predicted octanol–water partition coefficient (Wildman–Crippen LogP) is 2.14. The number of hydrogen-bond donors (Lipinski definition) is 3. The van der Waals surface area contributed by atoms with Crippen LogP contribution in [0.25, 0.3) is 0 Å². The van der Waals surface area contributed by atoms with Crippen molar-refractivity contribution in [3.63, 3.8) is 0 Å². The highest BCUT2D eigenvalue weighted by Crippen LogP contribution is 2.24. The van der Waals surface area contributed by atoms with E-state index < -0.39 is 0 Å². The lowest BCUT2D eigenvalue weighted by molar-refractivity contribution is 0.708. The van der Waals surface area contributed by atoms with Gasteiger partial charge in [-0.1, -0.05) is 11.6 Å². The minimum Gasteiger partial charge on any atom is -0.368 e. The third-order valence-electron chi connectivity index (χ3n) is 3.31. The second-order valence-electron chi connectivity index (χ2n) is 4.74. The Balaban J connectivity index is 1.96. The number of anilines is 3. The second kappa shape index (κ2) is 5.64. The summed E-state index contributed by atoms with van der Waals surface area (Å²) in [6.07, 6.45) is 1.77. The van der Waals surface area contributed by atoms with Crippen LogP contribution in [0, 0.1) is 0 Å². The third kappa shape index (κ3) is 2.84. The van der Waals surface area contributed by atoms with Gasteiger partial charge >= 0.3 is 0 Å². The fraction of sp³-hybridized carbons (Fsp3) is 0.286. The number of nitrogen functional groups attached to an aromatic ring is 1. The molecule has 0 bridgehead atoms. The monoisotopic (exact) mass is 289 g/mol. The fourth-order valence-electron chi connectivity index (χ4n) is 2.34. The van der Waals surface area contributed by atoms with Gasteiger partial charge < -0.3 is 16.4 Å². The standard InChI is InChI=1S/C14H16ClN5/c15-9-1-3-10(4-2-9)18-13-11-5-7-17-8-6-12(11)19-14(16)20-13/h1-4,17H,5-8H2,(H3,16,18,19,20). The number of nitrogens with two attached hydrogens (primary N) is 1. The fourth-order valence-corrected chi connectivity index (χ4v) is 2.46. The first-order valence-electron chi connectivity index (χ1n) is 6.61. The molecule has 1 aromatic heterocycles. The van der Waals surface area contributed by atoms with Crippen LogP contribution < -0.4 is 16.4 Å². The van der Waals surface area contributed by atoms with Crippen molar-refractivity contribution in [2.75, 3.05) is 24.1 Å². The van der Waals surface area contributed by atoms with Gasteiger partial charge in [-0.3, -0.25) is 0 Å². The molecule has 104 valence electrons. The van der Waals surface area contributed by atoms with Crippen LogP contribution >= 0.6 is 11.6 Å². The molecule has 0 radical (unpaired) electrons. The Morgan fingerprint density at radius 3 is 2.65 bits per heavy atom. The Labute approximate surface area is 122 Å². The molecule has 5 nitrogen and oxygen atoms in total. The molecule has 2 heterocycles. The summed E-state index contributed by atoms with van der Waals surface area (Å²) < 4.78 is 0. The molecule has 6 heteroatoms. The lowest BCUT2D eigenvalue weighted by Gasteiger charge is -2.13. The molecule has 0 amide bonds. The van der Waals surface area contributed by atoms with E-state index in [1.165, 1.54) is 0 Å². The molecule has 2 aromatic rings. The van der Waals surface area contributed by atoms with Crippen LogP contribution in [0.5, 0.6) is 0 Å². The topological polar surface area (TPSA) is 75.9 Å². The molecule has 0 saturated heterocycles. The lowest BCUT2D eigenvalue weighted by Crippen LogP contribution is -2.16. The molecule has 1 aromatic carbocycles. The molecule has 1 aliphatic rings. The zero-order valence-corrected chi connectivity index (χ0v) is 11.7. The van der Waals surface area contributed by atoms with Crippen LogP contribution in [0.15, 0.2) is 24.3 Å². The number of hydrogen-bond acceptors (Lipinski definition) is 5. The van der Waals surface area contributed by atoms with E-state index in [-0.39, 0.29) is 0 Å².